The average molecular weight is 506 g/mol. The fraction of sp³-hybridized carbons (Fsp3) is 0.294. The number of halogens is 14. The molecular weight excluding hydrogens is 498 g/mol. The van der Waals surface area contributed by atoms with Crippen molar-refractivity contribution in [3.63, 3.8) is 0 Å². The quantitative estimate of drug-likeness (QED) is 0.257. The van der Waals surface area contributed by atoms with Crippen LogP contribution < -0.4 is 10.6 Å². The van der Waals surface area contributed by atoms with Crippen molar-refractivity contribution >= 4 is 11.4 Å². The van der Waals surface area contributed by atoms with Crippen molar-refractivity contribution in [3.8, 4) is 0 Å². The van der Waals surface area contributed by atoms with Crippen LogP contribution in [0.25, 0.3) is 0 Å². The Labute approximate surface area is 174 Å². The molecule has 2 rings (SSSR count). The van der Waals surface area contributed by atoms with Gasteiger partial charge in [-0.1, -0.05) is 0 Å². The Bertz CT molecular complexity index is 916. The third-order valence-electron chi connectivity index (χ3n) is 4.05. The first-order chi connectivity index (χ1) is 15.0. The van der Waals surface area contributed by atoms with Crippen molar-refractivity contribution in [1.29, 1.82) is 0 Å². The zero-order valence-electron chi connectivity index (χ0n) is 15.4. The Balaban J connectivity index is 2.14. The van der Waals surface area contributed by atoms with Crippen LogP contribution in [0.4, 0.5) is 72.8 Å². The molecule has 0 unspecified atom stereocenters. The summed E-state index contributed by atoms with van der Waals surface area (Å²) < 4.78 is 184. The lowest BCUT2D eigenvalue weighted by Gasteiger charge is -2.16. The first-order valence-corrected chi connectivity index (χ1v) is 8.35. The van der Waals surface area contributed by atoms with Gasteiger partial charge in [-0.3, -0.25) is 0 Å². The second-order valence-corrected chi connectivity index (χ2v) is 6.21. The third kappa shape index (κ3) is 5.03. The number of rotatable bonds is 6. The van der Waals surface area contributed by atoms with Gasteiger partial charge in [0, 0.05) is 13.1 Å². The van der Waals surface area contributed by atoms with Crippen LogP contribution >= 0.6 is 0 Å². The summed E-state index contributed by atoms with van der Waals surface area (Å²) in [4.78, 5) is 0. The molecule has 0 bridgehead atoms. The maximum Gasteiger partial charge on any atom is 0.422 e. The van der Waals surface area contributed by atoms with E-state index in [1.807, 2.05) is 0 Å². The Kier molecular flexibility index (Phi) is 7.28. The standard InChI is InChI=1S/C17H8F14N2/c18-6-4(16(26,27)28)7(19)11(23)14(10(6)22)32-2-1-3-33-15-12(24)8(20)5(17(29,30)31)9(21)13(15)25/h32-33H,1-3H2. The number of alkyl halides is 6. The van der Waals surface area contributed by atoms with E-state index in [9.17, 15) is 61.5 Å². The van der Waals surface area contributed by atoms with Gasteiger partial charge in [0.1, 0.15) is 22.5 Å². The molecule has 0 spiro atoms. The molecule has 0 aliphatic heterocycles. The maximum atomic E-state index is 13.7. The zero-order chi connectivity index (χ0) is 25.5. The molecule has 0 aliphatic carbocycles. The van der Waals surface area contributed by atoms with Gasteiger partial charge in [-0.05, 0) is 6.42 Å². The number of anilines is 2. The first-order valence-electron chi connectivity index (χ1n) is 8.35. The number of nitrogens with one attached hydrogen (secondary N) is 2. The van der Waals surface area contributed by atoms with E-state index in [1.54, 1.807) is 10.6 Å². The molecule has 33 heavy (non-hydrogen) atoms. The average Bonchev–Trinajstić information content (AvgIpc) is 2.67. The summed E-state index contributed by atoms with van der Waals surface area (Å²) in [6.07, 6.45) is -12.1. The molecule has 0 saturated carbocycles. The monoisotopic (exact) mass is 506 g/mol. The molecule has 16 heteroatoms. The van der Waals surface area contributed by atoms with E-state index in [-0.39, 0.29) is 0 Å². The molecule has 184 valence electrons. The van der Waals surface area contributed by atoms with Crippen LogP contribution in [0.15, 0.2) is 0 Å². The largest absolute Gasteiger partial charge is 0.422 e. The summed E-state index contributed by atoms with van der Waals surface area (Å²) in [5, 5.41) is 3.37. The molecule has 2 nitrogen and oxygen atoms in total. The highest BCUT2D eigenvalue weighted by molar-refractivity contribution is 5.51. The highest BCUT2D eigenvalue weighted by atomic mass is 19.4. The smallest absolute Gasteiger partial charge is 0.380 e. The molecule has 2 aromatic rings. The van der Waals surface area contributed by atoms with Crippen molar-refractivity contribution in [2.45, 2.75) is 18.8 Å². The van der Waals surface area contributed by atoms with E-state index in [0.29, 0.717) is 0 Å². The molecule has 2 aromatic carbocycles. The van der Waals surface area contributed by atoms with Crippen molar-refractivity contribution in [2.75, 3.05) is 23.7 Å². The van der Waals surface area contributed by atoms with Crippen LogP contribution in [-0.2, 0) is 12.4 Å². The lowest BCUT2D eigenvalue weighted by molar-refractivity contribution is -0.144. The van der Waals surface area contributed by atoms with Crippen molar-refractivity contribution in [1.82, 2.24) is 0 Å². The predicted molar refractivity (Wildman–Crippen MR) is 84.1 cm³/mol. The normalized spacial score (nSPS) is 12.3. The molecule has 0 saturated heterocycles. The second kappa shape index (κ2) is 9.13. The second-order valence-electron chi connectivity index (χ2n) is 6.21. The third-order valence-corrected chi connectivity index (χ3v) is 4.05. The van der Waals surface area contributed by atoms with Crippen molar-refractivity contribution < 1.29 is 61.5 Å². The Morgan fingerprint density at radius 3 is 0.879 bits per heavy atom. The lowest BCUT2D eigenvalue weighted by atomic mass is 10.1. The Morgan fingerprint density at radius 1 is 0.424 bits per heavy atom. The summed E-state index contributed by atoms with van der Waals surface area (Å²) in [6.45, 7) is -1.47. The van der Waals surface area contributed by atoms with E-state index < -0.39 is 101 Å². The summed E-state index contributed by atoms with van der Waals surface area (Å²) in [7, 11) is 0. The number of hydrogen-bond acceptors (Lipinski definition) is 2. The summed E-state index contributed by atoms with van der Waals surface area (Å²) in [6, 6.07) is 0. The number of benzene rings is 2. The van der Waals surface area contributed by atoms with Crippen LogP contribution in [0.1, 0.15) is 17.5 Å². The minimum atomic E-state index is -5.77. The highest BCUT2D eigenvalue weighted by Gasteiger charge is 2.43. The van der Waals surface area contributed by atoms with Gasteiger partial charge in [0.15, 0.2) is 46.5 Å². The summed E-state index contributed by atoms with van der Waals surface area (Å²) >= 11 is 0. The van der Waals surface area contributed by atoms with Gasteiger partial charge in [-0.15, -0.1) is 0 Å². The molecule has 0 heterocycles. The van der Waals surface area contributed by atoms with Crippen LogP contribution in [0.3, 0.4) is 0 Å². The Morgan fingerprint density at radius 2 is 0.667 bits per heavy atom. The molecule has 0 fully saturated rings. The van der Waals surface area contributed by atoms with Crippen LogP contribution in [-0.4, -0.2) is 13.1 Å². The maximum absolute atomic E-state index is 13.7. The van der Waals surface area contributed by atoms with Gasteiger partial charge in [0.05, 0.1) is 0 Å². The van der Waals surface area contributed by atoms with Crippen LogP contribution in [0.5, 0.6) is 0 Å². The minimum absolute atomic E-state index is 0.522. The Hall–Kier alpha value is -2.94. The predicted octanol–water partition coefficient (Wildman–Crippen LogP) is 6.75. The summed E-state index contributed by atoms with van der Waals surface area (Å²) in [5.41, 5.74) is -8.94. The van der Waals surface area contributed by atoms with Gasteiger partial charge >= 0.3 is 12.4 Å². The molecule has 2 N–H and O–H groups in total. The molecular formula is C17H8F14N2. The van der Waals surface area contributed by atoms with E-state index >= 15 is 0 Å². The fourth-order valence-corrected chi connectivity index (χ4v) is 2.59. The molecule has 0 atom stereocenters. The fourth-order valence-electron chi connectivity index (χ4n) is 2.59. The van der Waals surface area contributed by atoms with Crippen molar-refractivity contribution in [3.05, 3.63) is 57.7 Å². The highest BCUT2D eigenvalue weighted by Crippen LogP contribution is 2.39. The van der Waals surface area contributed by atoms with Gasteiger partial charge in [0.25, 0.3) is 0 Å². The van der Waals surface area contributed by atoms with E-state index in [4.69, 9.17) is 0 Å². The minimum Gasteiger partial charge on any atom is -0.380 e. The van der Waals surface area contributed by atoms with Gasteiger partial charge in [-0.2, -0.15) is 26.3 Å². The molecule has 0 radical (unpaired) electrons. The topological polar surface area (TPSA) is 24.1 Å². The molecule has 0 aliphatic rings. The SMILES string of the molecule is Fc1c(F)c(C(F)(F)F)c(F)c(F)c1NCCCNc1c(F)c(F)c(C(F)(F)F)c(F)c1F. The zero-order valence-corrected chi connectivity index (χ0v) is 15.4. The van der Waals surface area contributed by atoms with Gasteiger partial charge < -0.3 is 10.6 Å². The van der Waals surface area contributed by atoms with E-state index in [2.05, 4.69) is 0 Å². The molecule has 0 aromatic heterocycles. The number of hydrogen-bond donors (Lipinski definition) is 2. The van der Waals surface area contributed by atoms with E-state index in [0.717, 1.165) is 0 Å². The van der Waals surface area contributed by atoms with Crippen molar-refractivity contribution in [2.24, 2.45) is 0 Å². The lowest BCUT2D eigenvalue weighted by Crippen LogP contribution is -2.19. The van der Waals surface area contributed by atoms with E-state index in [1.165, 1.54) is 0 Å². The van der Waals surface area contributed by atoms with Crippen LogP contribution in [0.2, 0.25) is 0 Å². The van der Waals surface area contributed by atoms with Gasteiger partial charge in [-0.25, -0.2) is 35.1 Å². The van der Waals surface area contributed by atoms with Gasteiger partial charge in [0.2, 0.25) is 0 Å². The first kappa shape index (κ1) is 26.3. The summed E-state index contributed by atoms with van der Waals surface area (Å²) in [5.74, 6) is -20.7. The molecule has 0 amide bonds. The van der Waals surface area contributed by atoms with Crippen LogP contribution in [0, 0.1) is 46.5 Å².